The molecule has 1 aromatic carbocycles. The Bertz CT molecular complexity index is 1630. The van der Waals surface area contributed by atoms with Crippen LogP contribution in [0.3, 0.4) is 0 Å². The molecule has 2 aromatic rings. The second-order valence-electron chi connectivity index (χ2n) is 18.0. The molecule has 0 bridgehead atoms. The summed E-state index contributed by atoms with van der Waals surface area (Å²) < 4.78 is 18.9. The topological polar surface area (TPSA) is 92.4 Å². The molecule has 254 valence electrons. The Balaban J connectivity index is 1.14. The van der Waals surface area contributed by atoms with Gasteiger partial charge in [0.25, 0.3) is 0 Å². The number of halogens is 1. The maximum atomic E-state index is 14.6. The van der Waals surface area contributed by atoms with E-state index in [0.717, 1.165) is 63.4 Å². The lowest BCUT2D eigenvalue weighted by molar-refractivity contribution is -0.202. The van der Waals surface area contributed by atoms with Gasteiger partial charge >= 0.3 is 0 Å². The zero-order valence-electron chi connectivity index (χ0n) is 29.3. The van der Waals surface area contributed by atoms with Gasteiger partial charge in [-0.15, -0.1) is 0 Å². The number of amides is 1. The third-order valence-electron chi connectivity index (χ3n) is 15.2. The Hall–Kier alpha value is -2.80. The van der Waals surface area contributed by atoms with Crippen LogP contribution in [-0.2, 0) is 16.1 Å². The number of allylic oxidation sites excluding steroid dienone is 2. The number of hydrogen-bond acceptors (Lipinski definition) is 5. The van der Waals surface area contributed by atoms with Gasteiger partial charge in [0, 0.05) is 23.0 Å². The monoisotopic (exact) mass is 644 g/mol. The van der Waals surface area contributed by atoms with Crippen molar-refractivity contribution in [3.05, 3.63) is 53.6 Å². The summed E-state index contributed by atoms with van der Waals surface area (Å²) in [5, 5.41) is 18.3. The van der Waals surface area contributed by atoms with Gasteiger partial charge in [-0.05, 0) is 127 Å². The molecule has 0 radical (unpaired) electrons. The van der Waals surface area contributed by atoms with Crippen LogP contribution in [0.2, 0.25) is 0 Å². The van der Waals surface area contributed by atoms with Crippen molar-refractivity contribution in [1.29, 1.82) is 0 Å². The number of aromatic nitrogens is 1. The molecule has 5 aliphatic rings. The second-order valence-corrected chi connectivity index (χ2v) is 18.0. The Kier molecular flexibility index (Phi) is 7.38. The van der Waals surface area contributed by atoms with E-state index in [-0.39, 0.29) is 69.1 Å². The van der Waals surface area contributed by atoms with Gasteiger partial charge in [0.15, 0.2) is 11.5 Å². The first-order valence-electron chi connectivity index (χ1n) is 17.9. The van der Waals surface area contributed by atoms with Crippen LogP contribution in [0.5, 0.6) is 0 Å². The molecular formula is C40H53FN2O4. The van der Waals surface area contributed by atoms with E-state index in [1.807, 2.05) is 0 Å². The van der Waals surface area contributed by atoms with Gasteiger partial charge in [0.1, 0.15) is 11.5 Å². The number of aliphatic hydroxyl groups excluding tert-OH is 1. The molecule has 4 saturated carbocycles. The third-order valence-corrected chi connectivity index (χ3v) is 15.2. The quantitative estimate of drug-likeness (QED) is 0.349. The second kappa shape index (κ2) is 10.6. The van der Waals surface area contributed by atoms with Gasteiger partial charge < -0.3 is 14.9 Å². The van der Waals surface area contributed by atoms with Gasteiger partial charge in [0.05, 0.1) is 12.6 Å². The summed E-state index contributed by atoms with van der Waals surface area (Å²) in [6.45, 7) is 16.4. The molecule has 2 N–H and O–H groups in total. The van der Waals surface area contributed by atoms with Crippen molar-refractivity contribution in [2.75, 3.05) is 0 Å². The maximum absolute atomic E-state index is 14.6. The lowest BCUT2D eigenvalue weighted by atomic mass is 9.33. The number of fused-ring (bicyclic) bond motifs is 7. The first kappa shape index (κ1) is 32.7. The van der Waals surface area contributed by atoms with Crippen LogP contribution in [0, 0.1) is 56.1 Å². The number of aliphatic hydroxyl groups is 1. The number of hydrogen-bond donors (Lipinski definition) is 2. The van der Waals surface area contributed by atoms with Crippen LogP contribution >= 0.6 is 0 Å². The van der Waals surface area contributed by atoms with Gasteiger partial charge in [0.2, 0.25) is 5.91 Å². The van der Waals surface area contributed by atoms with Gasteiger partial charge in [-0.1, -0.05) is 59.2 Å². The van der Waals surface area contributed by atoms with E-state index in [1.54, 1.807) is 18.2 Å². The zero-order valence-corrected chi connectivity index (χ0v) is 29.3. The highest BCUT2D eigenvalue weighted by atomic mass is 19.1. The smallest absolute Gasteiger partial charge is 0.226 e. The van der Waals surface area contributed by atoms with E-state index >= 15 is 0 Å². The standard InChI is InChI=1S/C40H53FN2O4/c1-35(2)31-12-15-40(7)33(38(31,5)14-13-32(35)45)30(44)21-27-28-22-37(4,17-16-36(28,3)18-19-39(27,40)6)34(46)42-23-26-20-29(43-47-26)24-8-10-25(41)11-9-24/h8-11,20-21,28,31-33,45H,12-19,22-23H2,1-7H3,(H,42,46)/t28-,31?,32+,33-,36-,37+,38+,39-,40-/m1/s1. The number of nitrogens with zero attached hydrogens (tertiary/aromatic N) is 1. The summed E-state index contributed by atoms with van der Waals surface area (Å²) in [7, 11) is 0. The average Bonchev–Trinajstić information content (AvgIpc) is 3.49. The van der Waals surface area contributed by atoms with E-state index in [0.29, 0.717) is 17.4 Å². The molecule has 1 amide bonds. The SMILES string of the molecule is CC1(C)C2CC[C@]3(C)[C@H](C(=O)C=C4[C@H]5C[C@@](C)(C(=O)NCc6cc(-c7ccc(F)cc7)no6)CC[C@]5(C)CC[C@]43C)[C@@]2(C)CC[C@@H]1O. The number of rotatable bonds is 4. The van der Waals surface area contributed by atoms with Crippen molar-refractivity contribution in [3.63, 3.8) is 0 Å². The van der Waals surface area contributed by atoms with Crippen LogP contribution < -0.4 is 5.32 Å². The number of nitrogens with one attached hydrogen (secondary N) is 1. The number of carbonyl (C=O) groups is 2. The molecular weight excluding hydrogens is 591 g/mol. The third kappa shape index (κ3) is 4.68. The highest BCUT2D eigenvalue weighted by Gasteiger charge is 2.70. The summed E-state index contributed by atoms with van der Waals surface area (Å²) in [5.41, 5.74) is 1.51. The molecule has 1 aromatic heterocycles. The molecule has 4 fully saturated rings. The molecule has 6 nitrogen and oxygen atoms in total. The van der Waals surface area contributed by atoms with Crippen LogP contribution in [0.1, 0.15) is 112 Å². The fraction of sp³-hybridized carbons (Fsp3) is 0.675. The van der Waals surface area contributed by atoms with Crippen molar-refractivity contribution in [2.24, 2.45) is 50.2 Å². The van der Waals surface area contributed by atoms with E-state index in [1.165, 1.54) is 17.7 Å². The molecule has 47 heavy (non-hydrogen) atoms. The lowest BCUT2D eigenvalue weighted by Gasteiger charge is -2.70. The minimum Gasteiger partial charge on any atom is -0.393 e. The minimum absolute atomic E-state index is 0.00870. The first-order valence-corrected chi connectivity index (χ1v) is 17.9. The van der Waals surface area contributed by atoms with Crippen LogP contribution in [-0.4, -0.2) is 28.1 Å². The van der Waals surface area contributed by atoms with Gasteiger partial charge in [-0.2, -0.15) is 0 Å². The predicted octanol–water partition coefficient (Wildman–Crippen LogP) is 8.44. The normalized spacial score (nSPS) is 42.3. The number of benzene rings is 1. The number of ketones is 1. The molecule has 7 rings (SSSR count). The Morgan fingerprint density at radius 1 is 0.979 bits per heavy atom. The molecule has 7 heteroatoms. The summed E-state index contributed by atoms with van der Waals surface area (Å²) >= 11 is 0. The molecule has 9 atom stereocenters. The van der Waals surface area contributed by atoms with Crippen molar-refractivity contribution >= 4 is 11.7 Å². The molecule has 1 heterocycles. The Morgan fingerprint density at radius 3 is 2.40 bits per heavy atom. The lowest BCUT2D eigenvalue weighted by Crippen LogP contribution is -2.66. The summed E-state index contributed by atoms with van der Waals surface area (Å²) in [4.78, 5) is 28.5. The highest BCUT2D eigenvalue weighted by molar-refractivity contribution is 5.95. The Labute approximate surface area is 279 Å². The van der Waals surface area contributed by atoms with Gasteiger partial charge in [-0.25, -0.2) is 4.39 Å². The van der Waals surface area contributed by atoms with Crippen molar-refractivity contribution in [2.45, 2.75) is 119 Å². The van der Waals surface area contributed by atoms with E-state index in [9.17, 15) is 19.1 Å². The molecule has 1 unspecified atom stereocenters. The van der Waals surface area contributed by atoms with Crippen LogP contribution in [0.4, 0.5) is 4.39 Å². The van der Waals surface area contributed by atoms with E-state index in [2.05, 4.69) is 65.0 Å². The average molecular weight is 645 g/mol. The molecule has 0 saturated heterocycles. The minimum atomic E-state index is -0.572. The molecule has 0 aliphatic heterocycles. The maximum Gasteiger partial charge on any atom is 0.226 e. The first-order chi connectivity index (χ1) is 22.0. The fourth-order valence-electron chi connectivity index (χ4n) is 11.9. The Morgan fingerprint density at radius 2 is 1.68 bits per heavy atom. The fourth-order valence-corrected chi connectivity index (χ4v) is 11.9. The predicted molar refractivity (Wildman–Crippen MR) is 179 cm³/mol. The zero-order chi connectivity index (χ0) is 33.8. The van der Waals surface area contributed by atoms with E-state index in [4.69, 9.17) is 4.52 Å². The summed E-state index contributed by atoms with van der Waals surface area (Å²) in [5.74, 6) is 0.951. The molecule has 5 aliphatic carbocycles. The van der Waals surface area contributed by atoms with Crippen LogP contribution in [0.25, 0.3) is 11.3 Å². The highest BCUT2D eigenvalue weighted by Crippen LogP contribution is 2.75. The van der Waals surface area contributed by atoms with Gasteiger partial charge in [-0.3, -0.25) is 9.59 Å². The van der Waals surface area contributed by atoms with Crippen molar-refractivity contribution < 1.29 is 23.6 Å². The largest absolute Gasteiger partial charge is 0.393 e. The number of carbonyl (C=O) groups excluding carboxylic acids is 2. The summed E-state index contributed by atoms with van der Waals surface area (Å²) in [6, 6.07) is 7.89. The molecule has 0 spiro atoms. The summed E-state index contributed by atoms with van der Waals surface area (Å²) in [6.07, 6.45) is 10.1. The van der Waals surface area contributed by atoms with Crippen molar-refractivity contribution in [1.82, 2.24) is 10.5 Å². The van der Waals surface area contributed by atoms with E-state index < -0.39 is 5.41 Å². The van der Waals surface area contributed by atoms with Crippen molar-refractivity contribution in [3.8, 4) is 11.3 Å². The van der Waals surface area contributed by atoms with Crippen LogP contribution in [0.15, 0.2) is 46.5 Å².